The van der Waals surface area contributed by atoms with Gasteiger partial charge in [-0.3, -0.25) is 4.79 Å². The van der Waals surface area contributed by atoms with Gasteiger partial charge >= 0.3 is 0 Å². The standard InChI is InChI=1S/C12H20N2O4S/c1-10(9-19(3,16)17)13-11-4-5-12(15)14(8-11)6-7-18-2/h4-5,8,10,13H,6-7,9H2,1-3H3. The second-order valence-corrected chi connectivity index (χ2v) is 6.76. The smallest absolute Gasteiger partial charge is 0.250 e. The van der Waals surface area contributed by atoms with Crippen LogP contribution < -0.4 is 10.9 Å². The van der Waals surface area contributed by atoms with Crippen molar-refractivity contribution < 1.29 is 13.2 Å². The minimum absolute atomic E-state index is 0.0458. The summed E-state index contributed by atoms with van der Waals surface area (Å²) in [6.45, 7) is 2.69. The van der Waals surface area contributed by atoms with Crippen LogP contribution in [0.1, 0.15) is 6.92 Å². The van der Waals surface area contributed by atoms with E-state index < -0.39 is 9.84 Å². The van der Waals surface area contributed by atoms with Crippen LogP contribution in [0.2, 0.25) is 0 Å². The van der Waals surface area contributed by atoms with Crippen molar-refractivity contribution >= 4 is 15.5 Å². The zero-order chi connectivity index (χ0) is 14.5. The molecule has 1 rings (SSSR count). The number of pyridine rings is 1. The zero-order valence-electron chi connectivity index (χ0n) is 11.4. The molecule has 1 aromatic rings. The fraction of sp³-hybridized carbons (Fsp3) is 0.583. The quantitative estimate of drug-likeness (QED) is 0.783. The third-order valence-corrected chi connectivity index (χ3v) is 3.59. The van der Waals surface area contributed by atoms with Crippen molar-refractivity contribution in [2.75, 3.05) is 31.0 Å². The van der Waals surface area contributed by atoms with Gasteiger partial charge in [0.2, 0.25) is 0 Å². The molecule has 1 unspecified atom stereocenters. The molecule has 1 aromatic heterocycles. The Hall–Kier alpha value is -1.34. The van der Waals surface area contributed by atoms with E-state index in [9.17, 15) is 13.2 Å². The van der Waals surface area contributed by atoms with Gasteiger partial charge in [0, 0.05) is 38.2 Å². The van der Waals surface area contributed by atoms with Gasteiger partial charge in [-0.25, -0.2) is 8.42 Å². The van der Waals surface area contributed by atoms with Crippen LogP contribution in [0.4, 0.5) is 5.69 Å². The molecule has 0 amide bonds. The Balaban J connectivity index is 2.76. The van der Waals surface area contributed by atoms with E-state index in [-0.39, 0.29) is 17.4 Å². The number of rotatable bonds is 7. The SMILES string of the molecule is COCCn1cc(NC(C)CS(C)(=O)=O)ccc1=O. The van der Waals surface area contributed by atoms with Crippen LogP contribution in [0.3, 0.4) is 0 Å². The monoisotopic (exact) mass is 288 g/mol. The lowest BCUT2D eigenvalue weighted by Gasteiger charge is -2.15. The highest BCUT2D eigenvalue weighted by Crippen LogP contribution is 2.06. The maximum atomic E-state index is 11.6. The van der Waals surface area contributed by atoms with Crippen molar-refractivity contribution in [2.24, 2.45) is 0 Å². The molecule has 0 radical (unpaired) electrons. The van der Waals surface area contributed by atoms with Gasteiger partial charge in [-0.1, -0.05) is 0 Å². The summed E-state index contributed by atoms with van der Waals surface area (Å²) < 4.78 is 28.8. The van der Waals surface area contributed by atoms with E-state index in [0.717, 1.165) is 0 Å². The largest absolute Gasteiger partial charge is 0.383 e. The fourth-order valence-electron chi connectivity index (χ4n) is 1.76. The Bertz CT molecular complexity index is 565. The zero-order valence-corrected chi connectivity index (χ0v) is 12.2. The molecule has 0 bridgehead atoms. The molecule has 1 atom stereocenters. The maximum Gasteiger partial charge on any atom is 0.250 e. The first-order valence-corrected chi connectivity index (χ1v) is 8.01. The summed E-state index contributed by atoms with van der Waals surface area (Å²) in [4.78, 5) is 11.6. The van der Waals surface area contributed by atoms with Crippen molar-refractivity contribution in [3.63, 3.8) is 0 Å². The molecule has 1 heterocycles. The van der Waals surface area contributed by atoms with Crippen molar-refractivity contribution in [1.82, 2.24) is 4.57 Å². The summed E-state index contributed by atoms with van der Waals surface area (Å²) >= 11 is 0. The first-order valence-electron chi connectivity index (χ1n) is 5.95. The van der Waals surface area contributed by atoms with Crippen molar-refractivity contribution in [3.05, 3.63) is 28.7 Å². The Morgan fingerprint density at radius 2 is 2.11 bits per heavy atom. The Kier molecular flexibility index (Phi) is 5.56. The molecule has 19 heavy (non-hydrogen) atoms. The molecule has 0 saturated carbocycles. The third kappa shape index (κ3) is 5.89. The van der Waals surface area contributed by atoms with Crippen LogP contribution in [0.25, 0.3) is 0 Å². The second kappa shape index (κ2) is 6.72. The normalized spacial score (nSPS) is 13.2. The van der Waals surface area contributed by atoms with Crippen molar-refractivity contribution in [2.45, 2.75) is 19.5 Å². The topological polar surface area (TPSA) is 77.4 Å². The molecule has 0 spiro atoms. The molecule has 0 aliphatic carbocycles. The van der Waals surface area contributed by atoms with Crippen LogP contribution in [0.15, 0.2) is 23.1 Å². The highest BCUT2D eigenvalue weighted by molar-refractivity contribution is 7.90. The first kappa shape index (κ1) is 15.7. The summed E-state index contributed by atoms with van der Waals surface area (Å²) in [5.41, 5.74) is 0.602. The van der Waals surface area contributed by atoms with Gasteiger partial charge in [0.25, 0.3) is 5.56 Å². The number of anilines is 1. The summed E-state index contributed by atoms with van der Waals surface area (Å²) in [7, 11) is -1.46. The predicted molar refractivity (Wildman–Crippen MR) is 75.4 cm³/mol. The van der Waals surface area contributed by atoms with Gasteiger partial charge in [-0.05, 0) is 13.0 Å². The molecule has 1 N–H and O–H groups in total. The predicted octanol–water partition coefficient (Wildman–Crippen LogP) is 0.340. The maximum absolute atomic E-state index is 11.6. The lowest BCUT2D eigenvalue weighted by atomic mass is 10.3. The van der Waals surface area contributed by atoms with Crippen LogP contribution in [0, 0.1) is 0 Å². The van der Waals surface area contributed by atoms with Gasteiger partial charge in [-0.2, -0.15) is 0 Å². The van der Waals surface area contributed by atoms with Crippen molar-refractivity contribution in [1.29, 1.82) is 0 Å². The van der Waals surface area contributed by atoms with E-state index in [1.54, 1.807) is 26.3 Å². The van der Waals surface area contributed by atoms with E-state index in [4.69, 9.17) is 4.74 Å². The van der Waals surface area contributed by atoms with Gasteiger partial charge in [0.15, 0.2) is 0 Å². The summed E-state index contributed by atoms with van der Waals surface area (Å²) in [6.07, 6.45) is 2.87. The molecule has 0 aromatic carbocycles. The fourth-order valence-corrected chi connectivity index (χ4v) is 2.75. The van der Waals surface area contributed by atoms with Gasteiger partial charge in [-0.15, -0.1) is 0 Å². The molecule has 108 valence electrons. The highest BCUT2D eigenvalue weighted by atomic mass is 32.2. The molecule has 7 heteroatoms. The number of nitrogens with one attached hydrogen (secondary N) is 1. The molecule has 6 nitrogen and oxygen atoms in total. The number of aromatic nitrogens is 1. The summed E-state index contributed by atoms with van der Waals surface area (Å²) in [6, 6.07) is 2.87. The minimum Gasteiger partial charge on any atom is -0.383 e. The lowest BCUT2D eigenvalue weighted by molar-refractivity contribution is 0.186. The Morgan fingerprint density at radius 3 is 2.68 bits per heavy atom. The molecule has 0 fully saturated rings. The number of nitrogens with zero attached hydrogens (tertiary/aromatic N) is 1. The molecule has 0 saturated heterocycles. The number of methoxy groups -OCH3 is 1. The van der Waals surface area contributed by atoms with Crippen LogP contribution in [0.5, 0.6) is 0 Å². The van der Waals surface area contributed by atoms with E-state index in [1.807, 2.05) is 0 Å². The van der Waals surface area contributed by atoms with E-state index in [2.05, 4.69) is 5.32 Å². The summed E-state index contributed by atoms with van der Waals surface area (Å²) in [5.74, 6) is 0.0458. The third-order valence-electron chi connectivity index (χ3n) is 2.49. The molecular formula is C12H20N2O4S. The van der Waals surface area contributed by atoms with E-state index in [0.29, 0.717) is 18.8 Å². The minimum atomic E-state index is -3.03. The number of ether oxygens (including phenoxy) is 1. The number of hydrogen-bond donors (Lipinski definition) is 1. The first-order chi connectivity index (χ1) is 8.81. The van der Waals surface area contributed by atoms with Gasteiger partial charge in [0.05, 0.1) is 18.0 Å². The lowest BCUT2D eigenvalue weighted by Crippen LogP contribution is -2.27. The molecular weight excluding hydrogens is 268 g/mol. The number of hydrogen-bond acceptors (Lipinski definition) is 5. The van der Waals surface area contributed by atoms with Crippen molar-refractivity contribution in [3.8, 4) is 0 Å². The van der Waals surface area contributed by atoms with E-state index >= 15 is 0 Å². The Morgan fingerprint density at radius 1 is 1.42 bits per heavy atom. The second-order valence-electron chi connectivity index (χ2n) is 4.58. The average Bonchev–Trinajstić information content (AvgIpc) is 2.27. The Labute approximate surface area is 113 Å². The highest BCUT2D eigenvalue weighted by Gasteiger charge is 2.10. The van der Waals surface area contributed by atoms with Gasteiger partial charge < -0.3 is 14.6 Å². The molecule has 0 aliphatic heterocycles. The van der Waals surface area contributed by atoms with Crippen LogP contribution in [-0.2, 0) is 21.1 Å². The average molecular weight is 288 g/mol. The summed E-state index contributed by atoms with van der Waals surface area (Å²) in [5, 5.41) is 3.06. The van der Waals surface area contributed by atoms with Crippen LogP contribution in [-0.4, -0.2) is 44.8 Å². The van der Waals surface area contributed by atoms with Gasteiger partial charge in [0.1, 0.15) is 9.84 Å². The van der Waals surface area contributed by atoms with E-state index in [1.165, 1.54) is 16.9 Å². The number of sulfone groups is 1. The van der Waals surface area contributed by atoms with Crippen LogP contribution >= 0.6 is 0 Å². The molecule has 0 aliphatic rings.